The molecule has 0 fully saturated rings. The molecule has 0 atom stereocenters. The summed E-state index contributed by atoms with van der Waals surface area (Å²) in [6, 6.07) is 7.60. The number of nitrogens with zero attached hydrogens (tertiary/aromatic N) is 1. The van der Waals surface area contributed by atoms with Gasteiger partial charge >= 0.3 is 6.18 Å². The standard InChI is InChI=1S/C15H8BrClF3NOS/c16-11-3-1-9(2-4-11)13(22)5-6-23-14-12(17)7-10(8-21-14)15(18,19)20/h1-8H/b6-5-. The normalized spacial score (nSPS) is 11.9. The van der Waals surface area contributed by atoms with Gasteiger partial charge in [0.1, 0.15) is 5.03 Å². The summed E-state index contributed by atoms with van der Waals surface area (Å²) in [5.74, 6) is -0.229. The second-order valence-electron chi connectivity index (χ2n) is 4.30. The molecule has 1 aromatic carbocycles. The SMILES string of the molecule is O=C(/C=C\Sc1ncc(C(F)(F)F)cc1Cl)c1ccc(Br)cc1. The Morgan fingerprint density at radius 1 is 1.26 bits per heavy atom. The lowest BCUT2D eigenvalue weighted by molar-refractivity contribution is -0.137. The molecule has 8 heteroatoms. The van der Waals surface area contributed by atoms with Gasteiger partial charge in [0, 0.05) is 16.2 Å². The van der Waals surface area contributed by atoms with E-state index in [0.29, 0.717) is 11.8 Å². The van der Waals surface area contributed by atoms with Crippen LogP contribution in [0, 0.1) is 0 Å². The first-order valence-corrected chi connectivity index (χ1v) is 8.18. The zero-order chi connectivity index (χ0) is 17.0. The van der Waals surface area contributed by atoms with Gasteiger partial charge in [-0.25, -0.2) is 4.98 Å². The van der Waals surface area contributed by atoms with Crippen molar-refractivity contribution in [2.24, 2.45) is 0 Å². The van der Waals surface area contributed by atoms with Crippen LogP contribution < -0.4 is 0 Å². The molecule has 1 aromatic heterocycles. The van der Waals surface area contributed by atoms with Crippen LogP contribution in [-0.2, 0) is 6.18 Å². The van der Waals surface area contributed by atoms with Crippen LogP contribution in [0.5, 0.6) is 0 Å². The van der Waals surface area contributed by atoms with Crippen LogP contribution in [0.3, 0.4) is 0 Å². The maximum atomic E-state index is 12.5. The summed E-state index contributed by atoms with van der Waals surface area (Å²) in [7, 11) is 0. The number of alkyl halides is 3. The van der Waals surface area contributed by atoms with Gasteiger partial charge < -0.3 is 0 Å². The first-order chi connectivity index (χ1) is 10.8. The van der Waals surface area contributed by atoms with Crippen LogP contribution >= 0.6 is 39.3 Å². The number of hydrogen-bond donors (Lipinski definition) is 0. The molecular weight excluding hydrogens is 415 g/mol. The lowest BCUT2D eigenvalue weighted by Crippen LogP contribution is -2.05. The van der Waals surface area contributed by atoms with E-state index in [2.05, 4.69) is 20.9 Å². The summed E-state index contributed by atoms with van der Waals surface area (Å²) in [5.41, 5.74) is -0.418. The molecule has 0 spiro atoms. The van der Waals surface area contributed by atoms with Gasteiger partial charge in [-0.05, 0) is 41.8 Å². The Balaban J connectivity index is 2.05. The number of hydrogen-bond acceptors (Lipinski definition) is 3. The third-order valence-electron chi connectivity index (χ3n) is 2.66. The highest BCUT2D eigenvalue weighted by atomic mass is 79.9. The van der Waals surface area contributed by atoms with E-state index in [1.54, 1.807) is 24.3 Å². The number of ketones is 1. The van der Waals surface area contributed by atoms with E-state index < -0.39 is 11.7 Å². The molecular formula is C15H8BrClF3NOS. The van der Waals surface area contributed by atoms with Gasteiger partial charge in [-0.3, -0.25) is 4.79 Å². The molecule has 2 aromatic rings. The molecule has 1 heterocycles. The van der Waals surface area contributed by atoms with Gasteiger partial charge in [-0.2, -0.15) is 13.2 Å². The molecule has 0 saturated heterocycles. The fourth-order valence-electron chi connectivity index (χ4n) is 1.54. The predicted octanol–water partition coefficient (Wildman–Crippen LogP) is 6.01. The van der Waals surface area contributed by atoms with Gasteiger partial charge in [0.15, 0.2) is 5.78 Å². The third kappa shape index (κ3) is 5.09. The maximum Gasteiger partial charge on any atom is 0.417 e. The number of carbonyl (C=O) groups excluding carboxylic acids is 1. The molecule has 0 amide bonds. The molecule has 0 radical (unpaired) electrons. The Labute approximate surface area is 147 Å². The second kappa shape index (κ2) is 7.51. The highest BCUT2D eigenvalue weighted by Gasteiger charge is 2.31. The number of rotatable bonds is 4. The minimum absolute atomic E-state index is 0.120. The zero-order valence-corrected chi connectivity index (χ0v) is 14.4. The summed E-state index contributed by atoms with van der Waals surface area (Å²) < 4.78 is 38.4. The molecule has 0 N–H and O–H groups in total. The summed E-state index contributed by atoms with van der Waals surface area (Å²) in [4.78, 5) is 15.6. The largest absolute Gasteiger partial charge is 0.417 e. The number of thioether (sulfide) groups is 1. The lowest BCUT2D eigenvalue weighted by atomic mass is 10.1. The Morgan fingerprint density at radius 2 is 1.91 bits per heavy atom. The number of halogens is 5. The molecule has 120 valence electrons. The van der Waals surface area contributed by atoms with Gasteiger partial charge in [0.2, 0.25) is 0 Å². The molecule has 2 rings (SSSR count). The minimum atomic E-state index is -4.49. The van der Waals surface area contributed by atoms with Crippen molar-refractivity contribution in [3.63, 3.8) is 0 Å². The fourth-order valence-corrected chi connectivity index (χ4v) is 2.71. The van der Waals surface area contributed by atoms with Crippen molar-refractivity contribution < 1.29 is 18.0 Å². The summed E-state index contributed by atoms with van der Waals surface area (Å²) >= 11 is 10.0. The molecule has 0 saturated carbocycles. The Kier molecular flexibility index (Phi) is 5.89. The van der Waals surface area contributed by atoms with Crippen LogP contribution in [0.4, 0.5) is 13.2 Å². The average molecular weight is 423 g/mol. The first-order valence-electron chi connectivity index (χ1n) is 6.13. The van der Waals surface area contributed by atoms with Crippen LogP contribution in [-0.4, -0.2) is 10.8 Å². The van der Waals surface area contributed by atoms with Crippen molar-refractivity contribution >= 4 is 45.1 Å². The Bertz CT molecular complexity index is 747. The number of aromatic nitrogens is 1. The number of pyridine rings is 1. The number of carbonyl (C=O) groups is 1. The van der Waals surface area contributed by atoms with E-state index >= 15 is 0 Å². The van der Waals surface area contributed by atoms with Crippen LogP contribution in [0.2, 0.25) is 5.02 Å². The Hall–Kier alpha value is -1.31. The van der Waals surface area contributed by atoms with Crippen molar-refractivity contribution in [2.75, 3.05) is 0 Å². The van der Waals surface area contributed by atoms with E-state index in [9.17, 15) is 18.0 Å². The van der Waals surface area contributed by atoms with Gasteiger partial charge in [0.25, 0.3) is 0 Å². The van der Waals surface area contributed by atoms with E-state index in [4.69, 9.17) is 11.6 Å². The van der Waals surface area contributed by atoms with Crippen molar-refractivity contribution in [3.05, 3.63) is 68.6 Å². The van der Waals surface area contributed by atoms with Gasteiger partial charge in [-0.15, -0.1) is 0 Å². The number of benzene rings is 1. The van der Waals surface area contributed by atoms with Crippen molar-refractivity contribution in [1.29, 1.82) is 0 Å². The number of allylic oxidation sites excluding steroid dienone is 1. The quantitative estimate of drug-likeness (QED) is 0.344. The Morgan fingerprint density at radius 3 is 2.48 bits per heavy atom. The van der Waals surface area contributed by atoms with E-state index in [1.807, 2.05) is 0 Å². The smallest absolute Gasteiger partial charge is 0.289 e. The van der Waals surface area contributed by atoms with Crippen LogP contribution in [0.15, 0.2) is 57.5 Å². The summed E-state index contributed by atoms with van der Waals surface area (Å²) in [6.07, 6.45) is -2.48. The monoisotopic (exact) mass is 421 g/mol. The summed E-state index contributed by atoms with van der Waals surface area (Å²) in [6.45, 7) is 0. The van der Waals surface area contributed by atoms with Crippen LogP contribution in [0.25, 0.3) is 0 Å². The minimum Gasteiger partial charge on any atom is -0.289 e. The maximum absolute atomic E-state index is 12.5. The highest BCUT2D eigenvalue weighted by Crippen LogP contribution is 2.33. The molecule has 0 aliphatic carbocycles. The van der Waals surface area contributed by atoms with Crippen molar-refractivity contribution in [2.45, 2.75) is 11.2 Å². The zero-order valence-electron chi connectivity index (χ0n) is 11.3. The fraction of sp³-hybridized carbons (Fsp3) is 0.0667. The third-order valence-corrected chi connectivity index (χ3v) is 4.41. The lowest BCUT2D eigenvalue weighted by Gasteiger charge is -2.07. The molecule has 23 heavy (non-hydrogen) atoms. The second-order valence-corrected chi connectivity index (χ2v) is 6.52. The molecule has 0 bridgehead atoms. The first kappa shape index (κ1) is 18.0. The van der Waals surface area contributed by atoms with Crippen LogP contribution in [0.1, 0.15) is 15.9 Å². The summed E-state index contributed by atoms with van der Waals surface area (Å²) in [5, 5.41) is 1.51. The van der Waals surface area contributed by atoms with Crippen molar-refractivity contribution in [1.82, 2.24) is 4.98 Å². The highest BCUT2D eigenvalue weighted by molar-refractivity contribution is 9.10. The molecule has 0 aliphatic heterocycles. The van der Waals surface area contributed by atoms with Gasteiger partial charge in [0.05, 0.1) is 10.6 Å². The van der Waals surface area contributed by atoms with E-state index in [1.165, 1.54) is 11.5 Å². The topological polar surface area (TPSA) is 30.0 Å². The average Bonchev–Trinajstić information content (AvgIpc) is 2.48. The molecule has 2 nitrogen and oxygen atoms in total. The van der Waals surface area contributed by atoms with E-state index in [-0.39, 0.29) is 15.8 Å². The van der Waals surface area contributed by atoms with Gasteiger partial charge in [-0.1, -0.05) is 39.3 Å². The van der Waals surface area contributed by atoms with Crippen molar-refractivity contribution in [3.8, 4) is 0 Å². The predicted molar refractivity (Wildman–Crippen MR) is 87.7 cm³/mol. The molecule has 0 unspecified atom stereocenters. The van der Waals surface area contributed by atoms with E-state index in [0.717, 1.165) is 22.3 Å². The molecule has 0 aliphatic rings.